The molecule has 21 heavy (non-hydrogen) atoms. The molecule has 116 valence electrons. The van der Waals surface area contributed by atoms with Gasteiger partial charge >= 0.3 is 0 Å². The van der Waals surface area contributed by atoms with Gasteiger partial charge in [-0.3, -0.25) is 4.79 Å². The van der Waals surface area contributed by atoms with Crippen LogP contribution in [0.3, 0.4) is 0 Å². The minimum Gasteiger partial charge on any atom is -0.497 e. The van der Waals surface area contributed by atoms with Gasteiger partial charge in [-0.1, -0.05) is 0 Å². The number of ether oxygens (including phenoxy) is 1. The number of carbonyl (C=O) groups excluding carboxylic acids is 1. The summed E-state index contributed by atoms with van der Waals surface area (Å²) in [7, 11) is -2.42. The molecule has 0 unspecified atom stereocenters. The maximum absolute atomic E-state index is 12.7. The van der Waals surface area contributed by atoms with Crippen LogP contribution in [0.1, 0.15) is 12.0 Å². The third kappa shape index (κ3) is 2.87. The van der Waals surface area contributed by atoms with Gasteiger partial charge in [-0.2, -0.15) is 4.31 Å². The quantitative estimate of drug-likeness (QED) is 0.786. The van der Waals surface area contributed by atoms with E-state index in [-0.39, 0.29) is 17.9 Å². The minimum absolute atomic E-state index is 0.0176. The van der Waals surface area contributed by atoms with Crippen LogP contribution in [0.2, 0.25) is 0 Å². The number of amides is 1. The van der Waals surface area contributed by atoms with E-state index in [9.17, 15) is 18.3 Å². The fraction of sp³-hybridized carbons (Fsp3) is 0.462. The lowest BCUT2D eigenvalue weighted by atomic mass is 10.2. The van der Waals surface area contributed by atoms with Crippen LogP contribution in [0.15, 0.2) is 23.1 Å². The van der Waals surface area contributed by atoms with Crippen molar-refractivity contribution in [3.63, 3.8) is 0 Å². The summed E-state index contributed by atoms with van der Waals surface area (Å²) in [6.07, 6.45) is -0.875. The molecule has 0 radical (unpaired) electrons. The number of aryl methyl sites for hydroxylation is 1. The summed E-state index contributed by atoms with van der Waals surface area (Å²) in [5, 5.41) is 9.65. The van der Waals surface area contributed by atoms with Crippen molar-refractivity contribution in [2.75, 3.05) is 13.7 Å². The molecule has 1 aromatic carbocycles. The van der Waals surface area contributed by atoms with E-state index >= 15 is 0 Å². The normalized spacial score (nSPS) is 23.2. The summed E-state index contributed by atoms with van der Waals surface area (Å²) in [6.45, 7) is 1.50. The van der Waals surface area contributed by atoms with E-state index in [0.29, 0.717) is 11.3 Å². The minimum atomic E-state index is -3.90. The van der Waals surface area contributed by atoms with Gasteiger partial charge in [-0.05, 0) is 30.7 Å². The average molecular weight is 314 g/mol. The predicted molar refractivity (Wildman–Crippen MR) is 75.2 cm³/mol. The zero-order valence-corrected chi connectivity index (χ0v) is 12.6. The molecule has 1 amide bonds. The van der Waals surface area contributed by atoms with E-state index in [0.717, 1.165) is 4.31 Å². The second-order valence-electron chi connectivity index (χ2n) is 5.01. The molecular weight excluding hydrogens is 296 g/mol. The Morgan fingerprint density at radius 3 is 2.67 bits per heavy atom. The van der Waals surface area contributed by atoms with Crippen molar-refractivity contribution in [3.8, 4) is 5.75 Å². The van der Waals surface area contributed by atoms with Crippen LogP contribution in [0, 0.1) is 6.92 Å². The molecule has 1 aliphatic heterocycles. The molecule has 8 heteroatoms. The molecule has 2 atom stereocenters. The van der Waals surface area contributed by atoms with Crippen molar-refractivity contribution < 1.29 is 23.1 Å². The van der Waals surface area contributed by atoms with Gasteiger partial charge in [0.05, 0.1) is 18.1 Å². The largest absolute Gasteiger partial charge is 0.497 e. The highest BCUT2D eigenvalue weighted by atomic mass is 32.2. The Morgan fingerprint density at radius 2 is 2.14 bits per heavy atom. The molecule has 1 aliphatic rings. The van der Waals surface area contributed by atoms with Crippen molar-refractivity contribution in [3.05, 3.63) is 23.8 Å². The highest BCUT2D eigenvalue weighted by Crippen LogP contribution is 2.29. The average Bonchev–Trinajstić information content (AvgIpc) is 2.81. The fourth-order valence-corrected chi connectivity index (χ4v) is 4.32. The number of carbonyl (C=O) groups is 1. The number of nitrogens with zero attached hydrogens (tertiary/aromatic N) is 1. The Kier molecular flexibility index (Phi) is 4.22. The topological polar surface area (TPSA) is 110 Å². The van der Waals surface area contributed by atoms with Crippen LogP contribution in [-0.2, 0) is 14.8 Å². The SMILES string of the molecule is COc1ccc(S(=O)(=O)N2C[C@H](O)C[C@H]2C(N)=O)c(C)c1. The number of benzene rings is 1. The van der Waals surface area contributed by atoms with Crippen molar-refractivity contribution in [1.82, 2.24) is 4.31 Å². The maximum atomic E-state index is 12.7. The van der Waals surface area contributed by atoms with Crippen molar-refractivity contribution in [2.45, 2.75) is 30.4 Å². The van der Waals surface area contributed by atoms with E-state index in [1.165, 1.54) is 19.2 Å². The standard InChI is InChI=1S/C13H18N2O5S/c1-8-5-10(20-2)3-4-12(8)21(18,19)15-7-9(16)6-11(15)13(14)17/h3-5,9,11,16H,6-7H2,1-2H3,(H2,14,17)/t9-,11+/m1/s1. The fourth-order valence-electron chi connectivity index (χ4n) is 2.47. The van der Waals surface area contributed by atoms with E-state index in [2.05, 4.69) is 0 Å². The number of aliphatic hydroxyl groups excluding tert-OH is 1. The van der Waals surface area contributed by atoms with Crippen molar-refractivity contribution >= 4 is 15.9 Å². The maximum Gasteiger partial charge on any atom is 0.244 e. The zero-order chi connectivity index (χ0) is 15.8. The number of sulfonamides is 1. The van der Waals surface area contributed by atoms with Gasteiger partial charge in [0, 0.05) is 13.0 Å². The number of primary amides is 1. The lowest BCUT2D eigenvalue weighted by molar-refractivity contribution is -0.121. The predicted octanol–water partition coefficient (Wildman–Crippen LogP) is -0.387. The molecule has 1 heterocycles. The molecule has 7 nitrogen and oxygen atoms in total. The number of β-amino-alcohol motifs (C(OH)–C–C–N with tert-alkyl or cyclic N) is 1. The van der Waals surface area contributed by atoms with Gasteiger partial charge in [0.1, 0.15) is 11.8 Å². The second kappa shape index (κ2) is 5.63. The molecule has 1 saturated heterocycles. The first-order valence-corrected chi connectivity index (χ1v) is 7.85. The molecule has 3 N–H and O–H groups in total. The van der Waals surface area contributed by atoms with Gasteiger partial charge in [-0.15, -0.1) is 0 Å². The number of aliphatic hydroxyl groups is 1. The first kappa shape index (κ1) is 15.7. The zero-order valence-electron chi connectivity index (χ0n) is 11.8. The van der Waals surface area contributed by atoms with Crippen molar-refractivity contribution in [2.24, 2.45) is 5.73 Å². The molecule has 0 aliphatic carbocycles. The van der Waals surface area contributed by atoms with Crippen LogP contribution < -0.4 is 10.5 Å². The van der Waals surface area contributed by atoms with Crippen molar-refractivity contribution in [1.29, 1.82) is 0 Å². The molecule has 1 fully saturated rings. The Hall–Kier alpha value is -1.64. The van der Waals surface area contributed by atoms with E-state index < -0.39 is 28.1 Å². The molecule has 0 aromatic heterocycles. The summed E-state index contributed by atoms with van der Waals surface area (Å²) < 4.78 is 31.4. The monoisotopic (exact) mass is 314 g/mol. The van der Waals surface area contributed by atoms with Gasteiger partial charge in [0.25, 0.3) is 0 Å². The summed E-state index contributed by atoms with van der Waals surface area (Å²) in [6, 6.07) is 3.53. The Labute approximate surface area is 123 Å². The molecule has 2 rings (SSSR count). The van der Waals surface area contributed by atoms with E-state index in [1.54, 1.807) is 13.0 Å². The van der Waals surface area contributed by atoms with E-state index in [4.69, 9.17) is 10.5 Å². The first-order chi connectivity index (χ1) is 9.77. The highest BCUT2D eigenvalue weighted by Gasteiger charge is 2.42. The van der Waals surface area contributed by atoms with Gasteiger partial charge < -0.3 is 15.6 Å². The Balaban J connectivity index is 2.44. The van der Waals surface area contributed by atoms with Gasteiger partial charge in [0.2, 0.25) is 15.9 Å². The van der Waals surface area contributed by atoms with Crippen LogP contribution in [0.25, 0.3) is 0 Å². The third-order valence-corrected chi connectivity index (χ3v) is 5.57. The Morgan fingerprint density at radius 1 is 1.48 bits per heavy atom. The van der Waals surface area contributed by atoms with E-state index in [1.807, 2.05) is 0 Å². The summed E-state index contributed by atoms with van der Waals surface area (Å²) in [5.41, 5.74) is 5.73. The summed E-state index contributed by atoms with van der Waals surface area (Å²) in [5.74, 6) is -0.222. The molecule has 0 bridgehead atoms. The lowest BCUT2D eigenvalue weighted by Crippen LogP contribution is -2.43. The summed E-state index contributed by atoms with van der Waals surface area (Å²) >= 11 is 0. The lowest BCUT2D eigenvalue weighted by Gasteiger charge is -2.22. The summed E-state index contributed by atoms with van der Waals surface area (Å²) in [4.78, 5) is 11.5. The van der Waals surface area contributed by atoms with Crippen LogP contribution in [-0.4, -0.2) is 49.5 Å². The number of rotatable bonds is 4. The number of hydrogen-bond acceptors (Lipinski definition) is 5. The second-order valence-corrected chi connectivity index (χ2v) is 6.87. The number of methoxy groups -OCH3 is 1. The molecule has 0 saturated carbocycles. The molecule has 1 aromatic rings. The Bertz CT molecular complexity index is 659. The van der Waals surface area contributed by atoms with Crippen LogP contribution in [0.4, 0.5) is 0 Å². The van der Waals surface area contributed by atoms with Gasteiger partial charge in [-0.25, -0.2) is 8.42 Å². The molecule has 0 spiro atoms. The van der Waals surface area contributed by atoms with Gasteiger partial charge in [0.15, 0.2) is 0 Å². The number of hydrogen-bond donors (Lipinski definition) is 2. The highest BCUT2D eigenvalue weighted by molar-refractivity contribution is 7.89. The van der Waals surface area contributed by atoms with Crippen LogP contribution in [0.5, 0.6) is 5.75 Å². The third-order valence-electron chi connectivity index (χ3n) is 3.53. The first-order valence-electron chi connectivity index (χ1n) is 6.41. The van der Waals surface area contributed by atoms with Crippen LogP contribution >= 0.6 is 0 Å². The molecular formula is C13H18N2O5S. The number of nitrogens with two attached hydrogens (primary N) is 1. The smallest absolute Gasteiger partial charge is 0.244 e.